The highest BCUT2D eigenvalue weighted by atomic mass is 35.5. The van der Waals surface area contributed by atoms with Gasteiger partial charge in [0.1, 0.15) is 5.69 Å². The lowest BCUT2D eigenvalue weighted by Crippen LogP contribution is -2.64. The molecule has 0 radical (unpaired) electrons. The Kier molecular flexibility index (Phi) is 7.74. The number of hydrogen-bond acceptors (Lipinski definition) is 3. The van der Waals surface area contributed by atoms with Crippen molar-refractivity contribution in [2.24, 2.45) is 0 Å². The lowest BCUT2D eigenvalue weighted by Gasteiger charge is -2.47. The van der Waals surface area contributed by atoms with Crippen molar-refractivity contribution in [3.05, 3.63) is 93.5 Å². The molecule has 2 amide bonds. The standard InChI is InChI=1S/C33H36ClN3O2S/c1-2-27-20-28-30(40-27)21-29-31(38)37(19-18-23-14-16-25(34)17-15-23)33(22-36(28)29,24-10-6-5-7-11-24)32(39)35-26-12-8-3-4-9-13-26/h5-7,10-11,14-17,20-21,26H,2-4,8-9,12-13,18-19,22H2,1H3,(H,35,39)/t33-/m1/s1. The summed E-state index contributed by atoms with van der Waals surface area (Å²) in [6.45, 7) is 2.97. The van der Waals surface area contributed by atoms with Crippen LogP contribution in [-0.2, 0) is 29.7 Å². The van der Waals surface area contributed by atoms with E-state index in [-0.39, 0.29) is 17.9 Å². The van der Waals surface area contributed by atoms with Crippen LogP contribution in [0.1, 0.15) is 71.9 Å². The zero-order chi connectivity index (χ0) is 27.7. The second-order valence-corrected chi connectivity index (χ2v) is 12.8. The van der Waals surface area contributed by atoms with Crippen LogP contribution in [0.15, 0.2) is 66.7 Å². The van der Waals surface area contributed by atoms with Crippen molar-refractivity contribution in [3.63, 3.8) is 0 Å². The monoisotopic (exact) mass is 573 g/mol. The molecule has 2 aliphatic rings. The molecule has 1 aliphatic heterocycles. The quantitative estimate of drug-likeness (QED) is 0.235. The molecular weight excluding hydrogens is 538 g/mol. The fourth-order valence-corrected chi connectivity index (χ4v) is 7.61. The van der Waals surface area contributed by atoms with E-state index >= 15 is 0 Å². The van der Waals surface area contributed by atoms with Crippen LogP contribution in [0.25, 0.3) is 10.2 Å². The SMILES string of the molecule is CCc1cc2c(cc3n2C[C@](C(=O)NC2CCCCCC2)(c2ccccc2)N(CCc2ccc(Cl)cc2)C3=O)s1. The summed E-state index contributed by atoms with van der Waals surface area (Å²) in [5.41, 5.74) is 2.48. The lowest BCUT2D eigenvalue weighted by atomic mass is 9.83. The number of halogens is 1. The summed E-state index contributed by atoms with van der Waals surface area (Å²) >= 11 is 7.88. The molecule has 0 saturated heterocycles. The highest BCUT2D eigenvalue weighted by Gasteiger charge is 2.52. The van der Waals surface area contributed by atoms with Gasteiger partial charge in [-0.2, -0.15) is 0 Å². The van der Waals surface area contributed by atoms with Crippen LogP contribution in [0.4, 0.5) is 0 Å². The molecule has 5 nitrogen and oxygen atoms in total. The average molecular weight is 574 g/mol. The van der Waals surface area contributed by atoms with Gasteiger partial charge in [0, 0.05) is 22.5 Å². The minimum atomic E-state index is -1.16. The minimum absolute atomic E-state index is 0.0755. The molecule has 1 atom stereocenters. The normalized spacial score (nSPS) is 19.9. The van der Waals surface area contributed by atoms with E-state index in [1.807, 2.05) is 65.6 Å². The third kappa shape index (κ3) is 4.97. The first kappa shape index (κ1) is 27.1. The molecule has 208 valence electrons. The Bertz CT molecular complexity index is 1500. The van der Waals surface area contributed by atoms with E-state index in [0.717, 1.165) is 53.4 Å². The molecule has 0 spiro atoms. The number of carbonyl (C=O) groups excluding carboxylic acids is 2. The predicted molar refractivity (Wildman–Crippen MR) is 163 cm³/mol. The Morgan fingerprint density at radius 1 is 1.02 bits per heavy atom. The first-order chi connectivity index (χ1) is 19.5. The molecule has 4 aromatic rings. The van der Waals surface area contributed by atoms with Crippen molar-refractivity contribution in [1.29, 1.82) is 0 Å². The van der Waals surface area contributed by atoms with Gasteiger partial charge < -0.3 is 14.8 Å². The number of rotatable bonds is 7. The number of benzene rings is 2. The zero-order valence-electron chi connectivity index (χ0n) is 23.0. The van der Waals surface area contributed by atoms with Crippen molar-refractivity contribution in [3.8, 4) is 0 Å². The topological polar surface area (TPSA) is 54.3 Å². The van der Waals surface area contributed by atoms with Gasteiger partial charge in [0.05, 0.1) is 16.8 Å². The van der Waals surface area contributed by atoms with E-state index in [2.05, 4.69) is 22.9 Å². The smallest absolute Gasteiger partial charge is 0.271 e. The summed E-state index contributed by atoms with van der Waals surface area (Å²) in [4.78, 5) is 32.3. The van der Waals surface area contributed by atoms with Gasteiger partial charge in [-0.1, -0.05) is 86.7 Å². The maximum atomic E-state index is 14.7. The van der Waals surface area contributed by atoms with Gasteiger partial charge in [-0.15, -0.1) is 11.3 Å². The number of hydrogen-bond donors (Lipinski definition) is 1. The Morgan fingerprint density at radius 2 is 1.75 bits per heavy atom. The number of nitrogens with one attached hydrogen (secondary N) is 1. The molecule has 40 heavy (non-hydrogen) atoms. The zero-order valence-corrected chi connectivity index (χ0v) is 24.6. The number of amides is 2. The summed E-state index contributed by atoms with van der Waals surface area (Å²) in [7, 11) is 0. The van der Waals surface area contributed by atoms with Gasteiger partial charge in [-0.25, -0.2) is 0 Å². The molecular formula is C33H36ClN3O2S. The van der Waals surface area contributed by atoms with Gasteiger partial charge in [0.15, 0.2) is 5.54 Å². The number of nitrogens with zero attached hydrogens (tertiary/aromatic N) is 2. The van der Waals surface area contributed by atoms with Gasteiger partial charge in [0.2, 0.25) is 0 Å². The van der Waals surface area contributed by atoms with E-state index in [4.69, 9.17) is 11.6 Å². The van der Waals surface area contributed by atoms with Crippen LogP contribution in [-0.4, -0.2) is 33.9 Å². The van der Waals surface area contributed by atoms with E-state index in [1.165, 1.54) is 17.7 Å². The molecule has 6 rings (SSSR count). The largest absolute Gasteiger partial charge is 0.351 e. The van der Waals surface area contributed by atoms with E-state index in [0.29, 0.717) is 30.2 Å². The van der Waals surface area contributed by atoms with Crippen molar-refractivity contribution in [2.45, 2.75) is 76.4 Å². The van der Waals surface area contributed by atoms with E-state index in [9.17, 15) is 9.59 Å². The summed E-state index contributed by atoms with van der Waals surface area (Å²) in [6.07, 6.45) is 8.22. The van der Waals surface area contributed by atoms with Crippen molar-refractivity contribution < 1.29 is 9.59 Å². The van der Waals surface area contributed by atoms with Gasteiger partial charge >= 0.3 is 0 Å². The number of thiophene rings is 1. The van der Waals surface area contributed by atoms with Crippen LogP contribution in [0.2, 0.25) is 5.02 Å². The van der Waals surface area contributed by atoms with Crippen molar-refractivity contribution in [2.75, 3.05) is 6.54 Å². The fourth-order valence-electron chi connectivity index (χ4n) is 6.44. The second kappa shape index (κ2) is 11.4. The van der Waals surface area contributed by atoms with Crippen LogP contribution in [0.3, 0.4) is 0 Å². The molecule has 7 heteroatoms. The van der Waals surface area contributed by atoms with Crippen molar-refractivity contribution in [1.82, 2.24) is 14.8 Å². The van der Waals surface area contributed by atoms with Crippen LogP contribution in [0, 0.1) is 0 Å². The Morgan fingerprint density at radius 3 is 2.45 bits per heavy atom. The Labute approximate surface area is 245 Å². The van der Waals surface area contributed by atoms with Gasteiger partial charge in [-0.3, -0.25) is 9.59 Å². The maximum Gasteiger partial charge on any atom is 0.271 e. The van der Waals surface area contributed by atoms with Gasteiger partial charge in [0.25, 0.3) is 11.8 Å². The number of aryl methyl sites for hydroxylation is 1. The molecule has 3 heterocycles. The summed E-state index contributed by atoms with van der Waals surface area (Å²) in [6, 6.07) is 22.0. The molecule has 2 aromatic heterocycles. The number of aromatic nitrogens is 1. The second-order valence-electron chi connectivity index (χ2n) is 11.2. The van der Waals surface area contributed by atoms with Crippen LogP contribution in [0.5, 0.6) is 0 Å². The minimum Gasteiger partial charge on any atom is -0.351 e. The third-order valence-corrected chi connectivity index (χ3v) is 10.1. The molecule has 2 aromatic carbocycles. The lowest BCUT2D eigenvalue weighted by molar-refractivity contribution is -0.135. The number of carbonyl (C=O) groups is 2. The van der Waals surface area contributed by atoms with Crippen LogP contribution >= 0.6 is 22.9 Å². The highest BCUT2D eigenvalue weighted by molar-refractivity contribution is 7.19. The summed E-state index contributed by atoms with van der Waals surface area (Å²) in [5.74, 6) is -0.171. The highest BCUT2D eigenvalue weighted by Crippen LogP contribution is 2.41. The first-order valence-electron chi connectivity index (χ1n) is 14.5. The van der Waals surface area contributed by atoms with E-state index < -0.39 is 5.54 Å². The predicted octanol–water partition coefficient (Wildman–Crippen LogP) is 7.35. The van der Waals surface area contributed by atoms with Crippen LogP contribution < -0.4 is 5.32 Å². The Balaban J connectivity index is 1.47. The molecule has 0 unspecified atom stereocenters. The molecule has 1 aliphatic carbocycles. The first-order valence-corrected chi connectivity index (χ1v) is 15.7. The van der Waals surface area contributed by atoms with Crippen molar-refractivity contribution >= 4 is 45.0 Å². The Hall–Kier alpha value is -3.09. The third-order valence-electron chi connectivity index (χ3n) is 8.66. The molecule has 0 bridgehead atoms. The summed E-state index contributed by atoms with van der Waals surface area (Å²) in [5, 5.41) is 4.13. The van der Waals surface area contributed by atoms with Gasteiger partial charge in [-0.05, 0) is 61.1 Å². The fraction of sp³-hybridized carbons (Fsp3) is 0.394. The average Bonchev–Trinajstić information content (AvgIpc) is 3.42. The van der Waals surface area contributed by atoms with E-state index in [1.54, 1.807) is 11.3 Å². The maximum absolute atomic E-state index is 14.7. The molecule has 1 saturated carbocycles. The number of fused-ring (bicyclic) bond motifs is 3. The molecule has 1 N–H and O–H groups in total. The molecule has 1 fully saturated rings. The summed E-state index contributed by atoms with van der Waals surface area (Å²) < 4.78 is 3.21.